The number of rotatable bonds is 1. The van der Waals surface area contributed by atoms with Crippen molar-refractivity contribution in [3.63, 3.8) is 0 Å². The van der Waals surface area contributed by atoms with E-state index in [0.29, 0.717) is 12.0 Å². The molecule has 0 amide bonds. The van der Waals surface area contributed by atoms with Crippen LogP contribution in [0.1, 0.15) is 31.7 Å². The van der Waals surface area contributed by atoms with E-state index in [1.54, 1.807) is 0 Å². The van der Waals surface area contributed by atoms with Gasteiger partial charge in [0.05, 0.1) is 0 Å². The molecule has 1 heteroatoms. The van der Waals surface area contributed by atoms with Gasteiger partial charge in [0.25, 0.3) is 0 Å². The fraction of sp³-hybridized carbons (Fsp3) is 0.455. The zero-order valence-electron chi connectivity index (χ0n) is 7.67. The molecule has 1 aromatic rings. The summed E-state index contributed by atoms with van der Waals surface area (Å²) in [5, 5.41) is 3.50. The first-order valence-corrected chi connectivity index (χ1v) is 4.68. The lowest BCUT2D eigenvalue weighted by molar-refractivity contribution is 0.613. The zero-order chi connectivity index (χ0) is 8.55. The summed E-state index contributed by atoms with van der Waals surface area (Å²) < 4.78 is 0. The lowest BCUT2D eigenvalue weighted by Gasteiger charge is -2.12. The van der Waals surface area contributed by atoms with E-state index in [-0.39, 0.29) is 0 Å². The Morgan fingerprint density at radius 1 is 1.33 bits per heavy atom. The van der Waals surface area contributed by atoms with Gasteiger partial charge >= 0.3 is 0 Å². The van der Waals surface area contributed by atoms with Crippen LogP contribution >= 0.6 is 0 Å². The summed E-state index contributed by atoms with van der Waals surface area (Å²) in [6.45, 7) is 4.51. The number of nitrogens with one attached hydrogen (secondary N) is 1. The number of fused-ring (bicyclic) bond motifs is 1. The van der Waals surface area contributed by atoms with Crippen molar-refractivity contribution in [3.8, 4) is 0 Å². The third-order valence-electron chi connectivity index (χ3n) is 2.79. The van der Waals surface area contributed by atoms with Crippen molar-refractivity contribution < 1.29 is 0 Å². The Bertz CT molecular complexity index is 280. The van der Waals surface area contributed by atoms with Crippen LogP contribution in [-0.4, -0.2) is 6.04 Å². The van der Waals surface area contributed by atoms with Crippen LogP contribution in [0, 0.1) is 0 Å². The highest BCUT2D eigenvalue weighted by molar-refractivity contribution is 5.58. The third kappa shape index (κ3) is 1.01. The second-order valence-electron chi connectivity index (χ2n) is 3.54. The van der Waals surface area contributed by atoms with E-state index in [9.17, 15) is 0 Å². The molecule has 0 fully saturated rings. The van der Waals surface area contributed by atoms with Crippen LogP contribution in [-0.2, 0) is 0 Å². The molecule has 0 spiro atoms. The Kier molecular flexibility index (Phi) is 1.80. The minimum absolute atomic E-state index is 0.604. The van der Waals surface area contributed by atoms with Gasteiger partial charge in [-0.1, -0.05) is 25.1 Å². The van der Waals surface area contributed by atoms with Crippen molar-refractivity contribution in [2.45, 2.75) is 32.2 Å². The first-order valence-electron chi connectivity index (χ1n) is 4.68. The summed E-state index contributed by atoms with van der Waals surface area (Å²) in [7, 11) is 0. The summed E-state index contributed by atoms with van der Waals surface area (Å²) in [5.41, 5.74) is 2.82. The minimum Gasteiger partial charge on any atom is -0.382 e. The quantitative estimate of drug-likeness (QED) is 0.667. The van der Waals surface area contributed by atoms with Crippen LogP contribution in [0.25, 0.3) is 0 Å². The molecule has 0 radical (unpaired) electrons. The average molecular weight is 161 g/mol. The molecule has 1 aliphatic heterocycles. The van der Waals surface area contributed by atoms with Gasteiger partial charge in [0.2, 0.25) is 0 Å². The molecule has 1 aromatic carbocycles. The highest BCUT2D eigenvalue weighted by atomic mass is 15.0. The Morgan fingerprint density at radius 2 is 2.08 bits per heavy atom. The molecule has 1 heterocycles. The molecular formula is C11H15N. The fourth-order valence-electron chi connectivity index (χ4n) is 2.14. The molecule has 1 aliphatic rings. The molecule has 1 nitrogen and oxygen atoms in total. The van der Waals surface area contributed by atoms with E-state index in [1.807, 2.05) is 0 Å². The van der Waals surface area contributed by atoms with E-state index in [4.69, 9.17) is 0 Å². The maximum atomic E-state index is 3.50. The maximum Gasteiger partial charge on any atom is 0.0378 e. The molecule has 0 bridgehead atoms. The average Bonchev–Trinajstić information content (AvgIpc) is 2.40. The van der Waals surface area contributed by atoms with Gasteiger partial charge in [-0.05, 0) is 25.0 Å². The van der Waals surface area contributed by atoms with E-state index < -0.39 is 0 Å². The topological polar surface area (TPSA) is 12.0 Å². The van der Waals surface area contributed by atoms with Crippen LogP contribution in [0.15, 0.2) is 24.3 Å². The lowest BCUT2D eigenvalue weighted by atomic mass is 9.94. The van der Waals surface area contributed by atoms with E-state index in [1.165, 1.54) is 17.7 Å². The van der Waals surface area contributed by atoms with Crippen molar-refractivity contribution in [1.29, 1.82) is 0 Å². The normalized spacial score (nSPS) is 26.5. The van der Waals surface area contributed by atoms with Crippen LogP contribution in [0.2, 0.25) is 0 Å². The first-order chi connectivity index (χ1) is 5.83. The van der Waals surface area contributed by atoms with Crippen molar-refractivity contribution in [2.24, 2.45) is 0 Å². The Hall–Kier alpha value is -0.980. The number of para-hydroxylation sites is 1. The summed E-state index contributed by atoms with van der Waals surface area (Å²) in [5.74, 6) is 0.709. The number of anilines is 1. The van der Waals surface area contributed by atoms with Gasteiger partial charge in [-0.3, -0.25) is 0 Å². The van der Waals surface area contributed by atoms with Gasteiger partial charge in [0.1, 0.15) is 0 Å². The standard InChI is InChI=1S/C11H15N/c1-3-9-8(2)12-11-7-5-4-6-10(9)11/h4-9,12H,3H2,1-2H3. The molecule has 0 aliphatic carbocycles. The highest BCUT2D eigenvalue weighted by Crippen LogP contribution is 2.37. The van der Waals surface area contributed by atoms with E-state index in [0.717, 1.165) is 0 Å². The minimum atomic E-state index is 0.604. The highest BCUT2D eigenvalue weighted by Gasteiger charge is 2.26. The predicted octanol–water partition coefficient (Wildman–Crippen LogP) is 2.99. The lowest BCUT2D eigenvalue weighted by Crippen LogP contribution is -2.14. The second kappa shape index (κ2) is 2.81. The van der Waals surface area contributed by atoms with Crippen LogP contribution in [0.5, 0.6) is 0 Å². The fourth-order valence-corrected chi connectivity index (χ4v) is 2.14. The maximum absolute atomic E-state index is 3.50. The van der Waals surface area contributed by atoms with Crippen LogP contribution in [0.3, 0.4) is 0 Å². The van der Waals surface area contributed by atoms with Crippen molar-refractivity contribution in [3.05, 3.63) is 29.8 Å². The van der Waals surface area contributed by atoms with Gasteiger partial charge in [-0.2, -0.15) is 0 Å². The van der Waals surface area contributed by atoms with Crippen LogP contribution < -0.4 is 5.32 Å². The van der Waals surface area contributed by atoms with E-state index >= 15 is 0 Å². The third-order valence-corrected chi connectivity index (χ3v) is 2.79. The van der Waals surface area contributed by atoms with Gasteiger partial charge < -0.3 is 5.32 Å². The largest absolute Gasteiger partial charge is 0.382 e. The number of hydrogen-bond acceptors (Lipinski definition) is 1. The molecule has 2 atom stereocenters. The molecule has 64 valence electrons. The second-order valence-corrected chi connectivity index (χ2v) is 3.54. The Labute approximate surface area is 73.8 Å². The van der Waals surface area contributed by atoms with Gasteiger partial charge in [-0.25, -0.2) is 0 Å². The molecular weight excluding hydrogens is 146 g/mol. The van der Waals surface area contributed by atoms with Crippen molar-refractivity contribution in [2.75, 3.05) is 5.32 Å². The molecule has 2 rings (SSSR count). The molecule has 0 aromatic heterocycles. The van der Waals surface area contributed by atoms with Crippen LogP contribution in [0.4, 0.5) is 5.69 Å². The first kappa shape index (κ1) is 7.66. The molecule has 0 saturated heterocycles. The molecule has 1 N–H and O–H groups in total. The summed E-state index contributed by atoms with van der Waals surface area (Å²) in [6.07, 6.45) is 1.23. The van der Waals surface area contributed by atoms with Gasteiger partial charge in [0, 0.05) is 17.6 Å². The molecule has 12 heavy (non-hydrogen) atoms. The van der Waals surface area contributed by atoms with Gasteiger partial charge in [0.15, 0.2) is 0 Å². The predicted molar refractivity (Wildman–Crippen MR) is 52.6 cm³/mol. The summed E-state index contributed by atoms with van der Waals surface area (Å²) in [6, 6.07) is 9.23. The smallest absolute Gasteiger partial charge is 0.0378 e. The Morgan fingerprint density at radius 3 is 2.83 bits per heavy atom. The zero-order valence-corrected chi connectivity index (χ0v) is 7.67. The van der Waals surface area contributed by atoms with Gasteiger partial charge in [-0.15, -0.1) is 0 Å². The van der Waals surface area contributed by atoms with E-state index in [2.05, 4.69) is 43.4 Å². The summed E-state index contributed by atoms with van der Waals surface area (Å²) >= 11 is 0. The Balaban J connectivity index is 2.40. The molecule has 2 unspecified atom stereocenters. The summed E-state index contributed by atoms with van der Waals surface area (Å²) in [4.78, 5) is 0. The SMILES string of the molecule is CCC1c2ccccc2NC1C. The van der Waals surface area contributed by atoms with Crippen molar-refractivity contribution >= 4 is 5.69 Å². The van der Waals surface area contributed by atoms with Crippen molar-refractivity contribution in [1.82, 2.24) is 0 Å². The number of benzene rings is 1. The monoisotopic (exact) mass is 161 g/mol. The molecule has 0 saturated carbocycles. The number of hydrogen-bond donors (Lipinski definition) is 1.